The molecule has 3 rings (SSSR count). The first kappa shape index (κ1) is 22.1. The Hall–Kier alpha value is -3.60. The molecule has 1 unspecified atom stereocenters. The van der Waals surface area contributed by atoms with Gasteiger partial charge in [0, 0.05) is 18.4 Å². The Labute approximate surface area is 184 Å². The van der Waals surface area contributed by atoms with Gasteiger partial charge in [0.1, 0.15) is 0 Å². The van der Waals surface area contributed by atoms with Crippen molar-refractivity contribution in [2.75, 3.05) is 17.3 Å². The third kappa shape index (κ3) is 6.19. The summed E-state index contributed by atoms with van der Waals surface area (Å²) in [6, 6.07) is 26.5. The molecule has 0 aliphatic heterocycles. The minimum atomic E-state index is -0.254. The van der Waals surface area contributed by atoms with Gasteiger partial charge in [-0.05, 0) is 41.3 Å². The SMILES string of the molecule is CC(C)C(NC(=O)Nc1ccc(CC(=O)N(C)c2ccccc2)cc1)c1ccccc1. The molecular formula is C26H29N3O2. The number of nitrogens with one attached hydrogen (secondary N) is 2. The maximum absolute atomic E-state index is 12.5. The van der Waals surface area contributed by atoms with Crippen LogP contribution in [0, 0.1) is 5.92 Å². The molecule has 0 aliphatic carbocycles. The molecule has 160 valence electrons. The maximum Gasteiger partial charge on any atom is 0.319 e. The first-order chi connectivity index (χ1) is 14.9. The minimum Gasteiger partial charge on any atom is -0.331 e. The zero-order chi connectivity index (χ0) is 22.2. The highest BCUT2D eigenvalue weighted by Crippen LogP contribution is 2.21. The molecule has 5 heteroatoms. The molecule has 0 spiro atoms. The van der Waals surface area contributed by atoms with Crippen molar-refractivity contribution >= 4 is 23.3 Å². The van der Waals surface area contributed by atoms with Crippen LogP contribution in [0.2, 0.25) is 0 Å². The number of likely N-dealkylation sites (N-methyl/N-ethyl adjacent to an activating group) is 1. The van der Waals surface area contributed by atoms with Gasteiger partial charge in [-0.1, -0.05) is 74.5 Å². The highest BCUT2D eigenvalue weighted by molar-refractivity contribution is 5.94. The van der Waals surface area contributed by atoms with Gasteiger partial charge in [0.15, 0.2) is 0 Å². The summed E-state index contributed by atoms with van der Waals surface area (Å²) < 4.78 is 0. The van der Waals surface area contributed by atoms with Gasteiger partial charge in [-0.25, -0.2) is 4.79 Å². The lowest BCUT2D eigenvalue weighted by atomic mass is 9.96. The molecule has 1 atom stereocenters. The fourth-order valence-electron chi connectivity index (χ4n) is 3.40. The summed E-state index contributed by atoms with van der Waals surface area (Å²) in [5.41, 5.74) is 3.51. The topological polar surface area (TPSA) is 61.4 Å². The second kappa shape index (κ2) is 10.4. The number of benzene rings is 3. The zero-order valence-corrected chi connectivity index (χ0v) is 18.2. The van der Waals surface area contributed by atoms with Crippen LogP contribution in [-0.2, 0) is 11.2 Å². The van der Waals surface area contributed by atoms with Crippen LogP contribution >= 0.6 is 0 Å². The van der Waals surface area contributed by atoms with Crippen LogP contribution in [-0.4, -0.2) is 19.0 Å². The molecule has 0 saturated heterocycles. The van der Waals surface area contributed by atoms with Gasteiger partial charge in [-0.15, -0.1) is 0 Å². The van der Waals surface area contributed by atoms with Crippen LogP contribution in [0.1, 0.15) is 31.0 Å². The Morgan fingerprint density at radius 3 is 2.00 bits per heavy atom. The number of hydrogen-bond acceptors (Lipinski definition) is 2. The number of urea groups is 1. The van der Waals surface area contributed by atoms with Crippen molar-refractivity contribution in [2.45, 2.75) is 26.3 Å². The van der Waals surface area contributed by atoms with E-state index < -0.39 is 0 Å². The highest BCUT2D eigenvalue weighted by atomic mass is 16.2. The van der Waals surface area contributed by atoms with Crippen molar-refractivity contribution in [3.63, 3.8) is 0 Å². The third-order valence-corrected chi connectivity index (χ3v) is 5.20. The van der Waals surface area contributed by atoms with E-state index in [0.29, 0.717) is 12.1 Å². The normalized spacial score (nSPS) is 11.6. The summed E-state index contributed by atoms with van der Waals surface area (Å²) in [6.07, 6.45) is 0.293. The Bertz CT molecular complexity index is 986. The second-order valence-electron chi connectivity index (χ2n) is 7.89. The molecule has 2 N–H and O–H groups in total. The Morgan fingerprint density at radius 2 is 1.42 bits per heavy atom. The number of rotatable bonds is 7. The lowest BCUT2D eigenvalue weighted by molar-refractivity contribution is -0.117. The number of hydrogen-bond donors (Lipinski definition) is 2. The number of nitrogens with zero attached hydrogens (tertiary/aromatic N) is 1. The molecule has 0 aliphatic rings. The van der Waals surface area contributed by atoms with Crippen LogP contribution < -0.4 is 15.5 Å². The van der Waals surface area contributed by atoms with Crippen LogP contribution in [0.15, 0.2) is 84.9 Å². The van der Waals surface area contributed by atoms with Crippen LogP contribution in [0.4, 0.5) is 16.2 Å². The van der Waals surface area contributed by atoms with E-state index in [1.165, 1.54) is 0 Å². The van der Waals surface area contributed by atoms with Gasteiger partial charge in [0.2, 0.25) is 5.91 Å². The first-order valence-corrected chi connectivity index (χ1v) is 10.5. The average molecular weight is 416 g/mol. The molecule has 0 saturated carbocycles. The van der Waals surface area contributed by atoms with Gasteiger partial charge in [0.25, 0.3) is 0 Å². The summed E-state index contributed by atoms with van der Waals surface area (Å²) >= 11 is 0. The van der Waals surface area contributed by atoms with Crippen molar-refractivity contribution in [2.24, 2.45) is 5.92 Å². The molecule has 3 aromatic carbocycles. The lowest BCUT2D eigenvalue weighted by Crippen LogP contribution is -2.35. The molecule has 0 fully saturated rings. The first-order valence-electron chi connectivity index (χ1n) is 10.5. The molecule has 0 aromatic heterocycles. The summed E-state index contributed by atoms with van der Waals surface area (Å²) in [5, 5.41) is 5.93. The van der Waals surface area contributed by atoms with E-state index in [0.717, 1.165) is 16.8 Å². The van der Waals surface area contributed by atoms with Gasteiger partial charge in [-0.3, -0.25) is 4.79 Å². The molecule has 0 bridgehead atoms. The van der Waals surface area contributed by atoms with Crippen LogP contribution in [0.25, 0.3) is 0 Å². The lowest BCUT2D eigenvalue weighted by Gasteiger charge is -2.23. The van der Waals surface area contributed by atoms with Gasteiger partial charge in [-0.2, -0.15) is 0 Å². The number of amides is 3. The van der Waals surface area contributed by atoms with Gasteiger partial charge >= 0.3 is 6.03 Å². The Morgan fingerprint density at radius 1 is 0.839 bits per heavy atom. The largest absolute Gasteiger partial charge is 0.331 e. The van der Waals surface area contributed by atoms with E-state index in [9.17, 15) is 9.59 Å². The predicted molar refractivity (Wildman–Crippen MR) is 126 cm³/mol. The molecular weight excluding hydrogens is 386 g/mol. The van der Waals surface area contributed by atoms with Gasteiger partial charge < -0.3 is 15.5 Å². The average Bonchev–Trinajstić information content (AvgIpc) is 2.79. The van der Waals surface area contributed by atoms with E-state index in [2.05, 4.69) is 24.5 Å². The highest BCUT2D eigenvalue weighted by Gasteiger charge is 2.18. The summed E-state index contributed by atoms with van der Waals surface area (Å²) in [5.74, 6) is 0.260. The number of para-hydroxylation sites is 1. The Kier molecular flexibility index (Phi) is 7.44. The summed E-state index contributed by atoms with van der Waals surface area (Å²) in [6.45, 7) is 4.16. The fraction of sp³-hybridized carbons (Fsp3) is 0.231. The van der Waals surface area contributed by atoms with Crippen LogP contribution in [0.3, 0.4) is 0 Å². The van der Waals surface area contributed by atoms with Crippen LogP contribution in [0.5, 0.6) is 0 Å². The molecule has 0 heterocycles. The molecule has 0 radical (unpaired) electrons. The summed E-state index contributed by atoms with van der Waals surface area (Å²) in [7, 11) is 1.77. The van der Waals surface area contributed by atoms with Crippen molar-refractivity contribution < 1.29 is 9.59 Å². The quantitative estimate of drug-likeness (QED) is 0.542. The smallest absolute Gasteiger partial charge is 0.319 e. The predicted octanol–water partition coefficient (Wildman–Crippen LogP) is 5.41. The molecule has 31 heavy (non-hydrogen) atoms. The molecule has 5 nitrogen and oxygen atoms in total. The van der Waals surface area contributed by atoms with E-state index in [4.69, 9.17) is 0 Å². The summed E-state index contributed by atoms with van der Waals surface area (Å²) in [4.78, 5) is 26.7. The maximum atomic E-state index is 12.5. The standard InChI is InChI=1S/C26H29N3O2/c1-19(2)25(21-10-6-4-7-11-21)28-26(31)27-22-16-14-20(15-17-22)18-24(30)29(3)23-12-8-5-9-13-23/h4-17,19,25H,18H2,1-3H3,(H2,27,28,31). The van der Waals surface area contributed by atoms with E-state index in [1.807, 2.05) is 84.9 Å². The van der Waals surface area contributed by atoms with Crippen molar-refractivity contribution in [1.82, 2.24) is 5.32 Å². The fourth-order valence-corrected chi connectivity index (χ4v) is 3.40. The van der Waals surface area contributed by atoms with E-state index >= 15 is 0 Å². The number of anilines is 2. The number of carbonyl (C=O) groups is 2. The van der Waals surface area contributed by atoms with Gasteiger partial charge in [0.05, 0.1) is 12.5 Å². The third-order valence-electron chi connectivity index (χ3n) is 5.20. The molecule has 3 amide bonds. The monoisotopic (exact) mass is 415 g/mol. The van der Waals surface area contributed by atoms with Crippen molar-refractivity contribution in [1.29, 1.82) is 0 Å². The van der Waals surface area contributed by atoms with E-state index in [1.54, 1.807) is 11.9 Å². The second-order valence-corrected chi connectivity index (χ2v) is 7.89. The van der Waals surface area contributed by atoms with Crippen molar-refractivity contribution in [3.05, 3.63) is 96.1 Å². The van der Waals surface area contributed by atoms with E-state index in [-0.39, 0.29) is 23.9 Å². The molecule has 3 aromatic rings. The minimum absolute atomic E-state index is 0.00675. The van der Waals surface area contributed by atoms with Crippen molar-refractivity contribution in [3.8, 4) is 0 Å². The number of carbonyl (C=O) groups excluding carboxylic acids is 2. The Balaban J connectivity index is 1.57. The zero-order valence-electron chi connectivity index (χ0n) is 18.2.